The van der Waals surface area contributed by atoms with Crippen LogP contribution in [0.4, 0.5) is 4.39 Å². The lowest BCUT2D eigenvalue weighted by atomic mass is 9.93. The molecule has 1 aromatic rings. The van der Waals surface area contributed by atoms with E-state index in [4.69, 9.17) is 0 Å². The summed E-state index contributed by atoms with van der Waals surface area (Å²) in [6.45, 7) is 5.89. The van der Waals surface area contributed by atoms with Crippen molar-refractivity contribution in [1.82, 2.24) is 4.90 Å². The third kappa shape index (κ3) is 2.23. The Morgan fingerprint density at radius 1 is 1.31 bits per heavy atom. The lowest BCUT2D eigenvalue weighted by molar-refractivity contribution is 0.0778. The zero-order chi connectivity index (χ0) is 11.8. The van der Waals surface area contributed by atoms with Gasteiger partial charge in [-0.2, -0.15) is 0 Å². The van der Waals surface area contributed by atoms with Crippen LogP contribution in [-0.4, -0.2) is 23.9 Å². The van der Waals surface area contributed by atoms with Crippen molar-refractivity contribution in [2.75, 3.05) is 13.1 Å². The molecule has 1 fully saturated rings. The summed E-state index contributed by atoms with van der Waals surface area (Å²) in [5, 5.41) is 0. The number of amides is 1. The van der Waals surface area contributed by atoms with Gasteiger partial charge in [0.15, 0.2) is 0 Å². The number of halogens is 1. The maximum atomic E-state index is 12.7. The fourth-order valence-corrected chi connectivity index (χ4v) is 2.06. The molecule has 0 aliphatic carbocycles. The molecule has 0 bridgehead atoms. The molecule has 1 heterocycles. The molecule has 1 aliphatic heterocycles. The maximum Gasteiger partial charge on any atom is 0.253 e. The number of benzene rings is 1. The molecular formula is C13H16FNO. The summed E-state index contributed by atoms with van der Waals surface area (Å²) < 4.78 is 12.7. The Balaban J connectivity index is 2.12. The summed E-state index contributed by atoms with van der Waals surface area (Å²) in [5.41, 5.74) is 0.773. The normalized spacial score (nSPS) is 18.8. The molecule has 1 saturated heterocycles. The van der Waals surface area contributed by atoms with Crippen LogP contribution in [0.25, 0.3) is 0 Å². The number of hydrogen-bond donors (Lipinski definition) is 0. The highest BCUT2D eigenvalue weighted by Crippen LogP contribution is 2.29. The molecule has 0 spiro atoms. The summed E-state index contributed by atoms with van der Waals surface area (Å²) in [6.07, 6.45) is 1.03. The standard InChI is InChI=1S/C13H16FNO/c1-13(2)7-8-15(9-13)12(16)10-3-5-11(14)6-4-10/h3-6H,7-9H2,1-2H3. The lowest BCUT2D eigenvalue weighted by Crippen LogP contribution is -2.30. The summed E-state index contributed by atoms with van der Waals surface area (Å²) in [7, 11) is 0. The van der Waals surface area contributed by atoms with Gasteiger partial charge in [-0.3, -0.25) is 4.79 Å². The lowest BCUT2D eigenvalue weighted by Gasteiger charge is -2.19. The van der Waals surface area contributed by atoms with E-state index in [1.54, 1.807) is 12.1 Å². The van der Waals surface area contributed by atoms with Crippen molar-refractivity contribution in [2.45, 2.75) is 20.3 Å². The third-order valence-electron chi connectivity index (χ3n) is 3.06. The molecule has 1 aliphatic rings. The van der Waals surface area contributed by atoms with Crippen LogP contribution < -0.4 is 0 Å². The second kappa shape index (κ2) is 3.89. The van der Waals surface area contributed by atoms with Crippen molar-refractivity contribution in [3.8, 4) is 0 Å². The van der Waals surface area contributed by atoms with Crippen molar-refractivity contribution < 1.29 is 9.18 Å². The quantitative estimate of drug-likeness (QED) is 0.714. The van der Waals surface area contributed by atoms with E-state index in [1.165, 1.54) is 12.1 Å². The molecule has 1 amide bonds. The average Bonchev–Trinajstić information content (AvgIpc) is 2.59. The van der Waals surface area contributed by atoms with Gasteiger partial charge in [-0.1, -0.05) is 13.8 Å². The molecule has 0 N–H and O–H groups in total. The molecule has 16 heavy (non-hydrogen) atoms. The molecule has 2 nitrogen and oxygen atoms in total. The van der Waals surface area contributed by atoms with Crippen LogP contribution >= 0.6 is 0 Å². The largest absolute Gasteiger partial charge is 0.338 e. The van der Waals surface area contributed by atoms with Crippen LogP contribution in [0.3, 0.4) is 0 Å². The summed E-state index contributed by atoms with van der Waals surface area (Å²) in [6, 6.07) is 5.74. The minimum absolute atomic E-state index is 0.00516. The minimum Gasteiger partial charge on any atom is -0.338 e. The Labute approximate surface area is 95.1 Å². The number of likely N-dealkylation sites (tertiary alicyclic amines) is 1. The van der Waals surface area contributed by atoms with Gasteiger partial charge >= 0.3 is 0 Å². The van der Waals surface area contributed by atoms with Crippen molar-refractivity contribution in [3.63, 3.8) is 0 Å². The Morgan fingerprint density at radius 2 is 1.94 bits per heavy atom. The van der Waals surface area contributed by atoms with Crippen LogP contribution in [-0.2, 0) is 0 Å². The van der Waals surface area contributed by atoms with Crippen LogP contribution in [0, 0.1) is 11.2 Å². The first-order chi connectivity index (χ1) is 7.48. The first-order valence-corrected chi connectivity index (χ1v) is 5.53. The van der Waals surface area contributed by atoms with E-state index in [2.05, 4.69) is 13.8 Å². The highest BCUT2D eigenvalue weighted by atomic mass is 19.1. The average molecular weight is 221 g/mol. The van der Waals surface area contributed by atoms with Crippen molar-refractivity contribution in [2.24, 2.45) is 5.41 Å². The van der Waals surface area contributed by atoms with Crippen LogP contribution in [0.5, 0.6) is 0 Å². The first-order valence-electron chi connectivity index (χ1n) is 5.53. The van der Waals surface area contributed by atoms with Gasteiger partial charge in [0.25, 0.3) is 5.91 Å². The topological polar surface area (TPSA) is 20.3 Å². The van der Waals surface area contributed by atoms with Gasteiger partial charge in [0.2, 0.25) is 0 Å². The van der Waals surface area contributed by atoms with E-state index in [1.807, 2.05) is 4.90 Å². The number of rotatable bonds is 1. The second-order valence-electron chi connectivity index (χ2n) is 5.15. The molecule has 3 heteroatoms. The first kappa shape index (κ1) is 11.1. The number of hydrogen-bond acceptors (Lipinski definition) is 1. The van der Waals surface area contributed by atoms with Gasteiger partial charge in [0, 0.05) is 18.7 Å². The molecule has 86 valence electrons. The zero-order valence-electron chi connectivity index (χ0n) is 9.66. The van der Waals surface area contributed by atoms with Gasteiger partial charge < -0.3 is 4.90 Å². The zero-order valence-corrected chi connectivity index (χ0v) is 9.66. The molecule has 0 atom stereocenters. The number of nitrogens with zero attached hydrogens (tertiary/aromatic N) is 1. The van der Waals surface area contributed by atoms with E-state index < -0.39 is 0 Å². The van der Waals surface area contributed by atoms with E-state index in [9.17, 15) is 9.18 Å². The molecule has 0 unspecified atom stereocenters. The fraction of sp³-hybridized carbons (Fsp3) is 0.462. The van der Waals surface area contributed by atoms with E-state index in [-0.39, 0.29) is 17.1 Å². The van der Waals surface area contributed by atoms with Gasteiger partial charge in [0.05, 0.1) is 0 Å². The van der Waals surface area contributed by atoms with E-state index in [0.29, 0.717) is 5.56 Å². The van der Waals surface area contributed by atoms with Crippen molar-refractivity contribution in [3.05, 3.63) is 35.6 Å². The predicted octanol–water partition coefficient (Wildman–Crippen LogP) is 2.70. The maximum absolute atomic E-state index is 12.7. The SMILES string of the molecule is CC1(C)CCN(C(=O)c2ccc(F)cc2)C1. The third-order valence-corrected chi connectivity index (χ3v) is 3.06. The monoisotopic (exact) mass is 221 g/mol. The highest BCUT2D eigenvalue weighted by molar-refractivity contribution is 5.94. The van der Waals surface area contributed by atoms with E-state index in [0.717, 1.165) is 19.5 Å². The predicted molar refractivity (Wildman–Crippen MR) is 60.7 cm³/mol. The van der Waals surface area contributed by atoms with E-state index >= 15 is 0 Å². The molecule has 1 aromatic carbocycles. The summed E-state index contributed by atoms with van der Waals surface area (Å²) in [5.74, 6) is -0.302. The fourth-order valence-electron chi connectivity index (χ4n) is 2.06. The second-order valence-corrected chi connectivity index (χ2v) is 5.15. The Bertz CT molecular complexity index is 397. The molecule has 2 rings (SSSR count). The summed E-state index contributed by atoms with van der Waals surface area (Å²) >= 11 is 0. The Hall–Kier alpha value is -1.38. The summed E-state index contributed by atoms with van der Waals surface area (Å²) in [4.78, 5) is 13.9. The van der Waals surface area contributed by atoms with Gasteiger partial charge in [-0.25, -0.2) is 4.39 Å². The Kier molecular flexibility index (Phi) is 2.70. The molecule has 0 saturated carbocycles. The van der Waals surface area contributed by atoms with Gasteiger partial charge in [-0.15, -0.1) is 0 Å². The van der Waals surface area contributed by atoms with Gasteiger partial charge in [0.1, 0.15) is 5.82 Å². The van der Waals surface area contributed by atoms with Crippen molar-refractivity contribution >= 4 is 5.91 Å². The number of carbonyl (C=O) groups excluding carboxylic acids is 1. The number of carbonyl (C=O) groups is 1. The Morgan fingerprint density at radius 3 is 2.44 bits per heavy atom. The molecular weight excluding hydrogens is 205 g/mol. The molecule has 0 radical (unpaired) electrons. The highest BCUT2D eigenvalue weighted by Gasteiger charge is 2.32. The van der Waals surface area contributed by atoms with Crippen LogP contribution in [0.15, 0.2) is 24.3 Å². The van der Waals surface area contributed by atoms with Crippen LogP contribution in [0.1, 0.15) is 30.6 Å². The minimum atomic E-state index is -0.307. The van der Waals surface area contributed by atoms with Crippen molar-refractivity contribution in [1.29, 1.82) is 0 Å². The van der Waals surface area contributed by atoms with Crippen LogP contribution in [0.2, 0.25) is 0 Å². The van der Waals surface area contributed by atoms with Gasteiger partial charge in [-0.05, 0) is 36.1 Å². The smallest absolute Gasteiger partial charge is 0.253 e. The molecule has 0 aromatic heterocycles.